The first-order chi connectivity index (χ1) is 8.69. The minimum absolute atomic E-state index is 0.0389. The Labute approximate surface area is 102 Å². The van der Waals surface area contributed by atoms with Gasteiger partial charge >= 0.3 is 0 Å². The van der Waals surface area contributed by atoms with Gasteiger partial charge in [0.1, 0.15) is 22.7 Å². The molecule has 1 aromatic heterocycles. The lowest BCUT2D eigenvalue weighted by atomic mass is 10.1. The minimum Gasteiger partial charge on any atom is -0.508 e. The molecule has 90 valence electrons. The Morgan fingerprint density at radius 3 is 2.44 bits per heavy atom. The second-order valence-corrected chi connectivity index (χ2v) is 3.97. The Bertz CT molecular complexity index is 802. The van der Waals surface area contributed by atoms with Crippen LogP contribution in [0, 0.1) is 0 Å². The lowest BCUT2D eigenvalue weighted by molar-refractivity contribution is 0.415. The zero-order chi connectivity index (χ0) is 12.7. The largest absolute Gasteiger partial charge is 0.508 e. The van der Waals surface area contributed by atoms with Crippen molar-refractivity contribution in [3.63, 3.8) is 0 Å². The predicted octanol–water partition coefficient (Wildman–Crippen LogP) is 2.66. The highest BCUT2D eigenvalue weighted by Crippen LogP contribution is 2.24. The summed E-state index contributed by atoms with van der Waals surface area (Å²) in [6.45, 7) is 0. The Morgan fingerprint density at radius 2 is 1.72 bits per heavy atom. The maximum atomic E-state index is 12.3. The van der Waals surface area contributed by atoms with Crippen LogP contribution in [0.3, 0.4) is 0 Å². The van der Waals surface area contributed by atoms with Crippen molar-refractivity contribution in [3.05, 3.63) is 46.6 Å². The smallest absolute Gasteiger partial charge is 0.200 e. The van der Waals surface area contributed by atoms with Gasteiger partial charge in [0.15, 0.2) is 0 Å². The second kappa shape index (κ2) is 3.77. The molecule has 0 atom stereocenters. The fourth-order valence-electron chi connectivity index (χ4n) is 1.95. The third-order valence-corrected chi connectivity index (χ3v) is 2.86. The van der Waals surface area contributed by atoms with E-state index in [1.54, 1.807) is 24.3 Å². The molecule has 1 heterocycles. The normalized spacial score (nSPS) is 10.9. The molecule has 0 aliphatic carbocycles. The molecule has 0 saturated carbocycles. The van der Waals surface area contributed by atoms with Crippen molar-refractivity contribution in [3.8, 4) is 11.5 Å². The number of phenolic OH excluding ortho intramolecular Hbond substituents is 1. The van der Waals surface area contributed by atoms with Crippen LogP contribution in [0.15, 0.2) is 45.6 Å². The van der Waals surface area contributed by atoms with Crippen molar-refractivity contribution >= 4 is 21.9 Å². The zero-order valence-electron chi connectivity index (χ0n) is 9.64. The molecule has 0 fully saturated rings. The summed E-state index contributed by atoms with van der Waals surface area (Å²) in [6, 6.07) is 9.53. The number of rotatable bonds is 1. The first kappa shape index (κ1) is 10.7. The standard InChI is InChI=1S/C14H10O4/c1-17-9-3-5-13-11(7-9)14(16)10-6-8(15)2-4-12(10)18-13/h2-7,15H,1H3. The molecule has 0 bridgehead atoms. The number of phenols is 1. The number of aromatic hydroxyl groups is 1. The lowest BCUT2D eigenvalue weighted by Crippen LogP contribution is -2.02. The predicted molar refractivity (Wildman–Crippen MR) is 68.2 cm³/mol. The van der Waals surface area contributed by atoms with Gasteiger partial charge in [-0.05, 0) is 36.4 Å². The lowest BCUT2D eigenvalue weighted by Gasteiger charge is -2.04. The molecule has 0 unspecified atom stereocenters. The minimum atomic E-state index is -0.180. The fourth-order valence-corrected chi connectivity index (χ4v) is 1.95. The van der Waals surface area contributed by atoms with E-state index in [0.717, 1.165) is 0 Å². The summed E-state index contributed by atoms with van der Waals surface area (Å²) in [5.74, 6) is 0.631. The van der Waals surface area contributed by atoms with Gasteiger partial charge in [0, 0.05) is 0 Å². The van der Waals surface area contributed by atoms with Crippen LogP contribution in [-0.2, 0) is 0 Å². The topological polar surface area (TPSA) is 59.7 Å². The molecule has 0 aliphatic rings. The van der Waals surface area contributed by atoms with E-state index in [1.807, 2.05) is 0 Å². The van der Waals surface area contributed by atoms with E-state index in [9.17, 15) is 9.90 Å². The van der Waals surface area contributed by atoms with Gasteiger partial charge in [-0.3, -0.25) is 4.79 Å². The van der Waals surface area contributed by atoms with Crippen LogP contribution in [0.5, 0.6) is 11.5 Å². The van der Waals surface area contributed by atoms with E-state index in [-0.39, 0.29) is 11.2 Å². The Balaban J connectivity index is 2.49. The number of methoxy groups -OCH3 is 1. The van der Waals surface area contributed by atoms with Gasteiger partial charge in [-0.1, -0.05) is 0 Å². The van der Waals surface area contributed by atoms with Crippen molar-refractivity contribution in [2.45, 2.75) is 0 Å². The molecule has 4 heteroatoms. The second-order valence-electron chi connectivity index (χ2n) is 3.97. The van der Waals surface area contributed by atoms with Gasteiger partial charge in [0.25, 0.3) is 0 Å². The van der Waals surface area contributed by atoms with E-state index in [1.165, 1.54) is 19.2 Å². The molecule has 3 aromatic rings. The van der Waals surface area contributed by atoms with E-state index in [2.05, 4.69) is 0 Å². The number of ether oxygens (including phenoxy) is 1. The zero-order valence-corrected chi connectivity index (χ0v) is 9.64. The van der Waals surface area contributed by atoms with Crippen molar-refractivity contribution in [1.82, 2.24) is 0 Å². The average Bonchev–Trinajstić information content (AvgIpc) is 2.40. The van der Waals surface area contributed by atoms with Gasteiger partial charge in [-0.15, -0.1) is 0 Å². The monoisotopic (exact) mass is 242 g/mol. The van der Waals surface area contributed by atoms with E-state index < -0.39 is 0 Å². The van der Waals surface area contributed by atoms with Crippen molar-refractivity contribution in [2.75, 3.05) is 7.11 Å². The molecule has 0 saturated heterocycles. The summed E-state index contributed by atoms with van der Waals surface area (Å²) < 4.78 is 10.7. The number of hydrogen-bond acceptors (Lipinski definition) is 4. The highest BCUT2D eigenvalue weighted by molar-refractivity contribution is 5.90. The number of benzene rings is 2. The van der Waals surface area contributed by atoms with Crippen molar-refractivity contribution in [1.29, 1.82) is 0 Å². The van der Waals surface area contributed by atoms with Gasteiger partial charge < -0.3 is 14.3 Å². The van der Waals surface area contributed by atoms with Gasteiger partial charge in [0.2, 0.25) is 5.43 Å². The van der Waals surface area contributed by atoms with Crippen LogP contribution in [0.2, 0.25) is 0 Å². The van der Waals surface area contributed by atoms with E-state index in [0.29, 0.717) is 27.7 Å². The van der Waals surface area contributed by atoms with Crippen LogP contribution in [0.25, 0.3) is 21.9 Å². The van der Waals surface area contributed by atoms with Crippen LogP contribution < -0.4 is 10.2 Å². The van der Waals surface area contributed by atoms with Gasteiger partial charge in [-0.2, -0.15) is 0 Å². The van der Waals surface area contributed by atoms with Gasteiger partial charge in [-0.25, -0.2) is 0 Å². The molecular formula is C14H10O4. The van der Waals surface area contributed by atoms with Crippen molar-refractivity contribution in [2.24, 2.45) is 0 Å². The summed E-state index contributed by atoms with van der Waals surface area (Å²) >= 11 is 0. The molecule has 0 amide bonds. The first-order valence-corrected chi connectivity index (χ1v) is 5.42. The maximum Gasteiger partial charge on any atom is 0.200 e. The van der Waals surface area contributed by atoms with Crippen molar-refractivity contribution < 1.29 is 14.3 Å². The molecule has 3 rings (SSSR count). The summed E-state index contributed by atoms with van der Waals surface area (Å²) in [7, 11) is 1.54. The third kappa shape index (κ3) is 1.50. The van der Waals surface area contributed by atoms with E-state index >= 15 is 0 Å². The maximum absolute atomic E-state index is 12.3. The Morgan fingerprint density at radius 1 is 1.06 bits per heavy atom. The highest BCUT2D eigenvalue weighted by Gasteiger charge is 2.09. The summed E-state index contributed by atoms with van der Waals surface area (Å²) in [5.41, 5.74) is 0.774. The molecule has 2 aromatic carbocycles. The number of hydrogen-bond donors (Lipinski definition) is 1. The molecule has 1 N–H and O–H groups in total. The molecule has 0 aliphatic heterocycles. The van der Waals surface area contributed by atoms with E-state index in [4.69, 9.17) is 9.15 Å². The number of fused-ring (bicyclic) bond motifs is 2. The van der Waals surface area contributed by atoms with Crippen LogP contribution in [0.4, 0.5) is 0 Å². The molecule has 0 radical (unpaired) electrons. The molecule has 0 spiro atoms. The molecule has 4 nitrogen and oxygen atoms in total. The quantitative estimate of drug-likeness (QED) is 0.666. The SMILES string of the molecule is COc1ccc2oc3ccc(O)cc3c(=O)c2c1. The summed E-state index contributed by atoms with van der Waals surface area (Å²) in [6.07, 6.45) is 0. The Kier molecular flexibility index (Phi) is 2.23. The average molecular weight is 242 g/mol. The van der Waals surface area contributed by atoms with Crippen LogP contribution in [0.1, 0.15) is 0 Å². The van der Waals surface area contributed by atoms with Crippen LogP contribution in [-0.4, -0.2) is 12.2 Å². The fraction of sp³-hybridized carbons (Fsp3) is 0.0714. The summed E-state index contributed by atoms with van der Waals surface area (Å²) in [4.78, 5) is 12.3. The highest BCUT2D eigenvalue weighted by atomic mass is 16.5. The van der Waals surface area contributed by atoms with Gasteiger partial charge in [0.05, 0.1) is 17.9 Å². The first-order valence-electron chi connectivity index (χ1n) is 5.42. The third-order valence-electron chi connectivity index (χ3n) is 2.86. The summed E-state index contributed by atoms with van der Waals surface area (Å²) in [5, 5.41) is 10.2. The molecule has 18 heavy (non-hydrogen) atoms. The van der Waals surface area contributed by atoms with Crippen LogP contribution >= 0.6 is 0 Å². The molecular weight excluding hydrogens is 232 g/mol. The Hall–Kier alpha value is -2.49.